The van der Waals surface area contributed by atoms with Crippen LogP contribution < -0.4 is 21.9 Å². The highest BCUT2D eigenvalue weighted by atomic mass is 16.2. The number of carbonyl (C=O) groups excluding carboxylic acids is 1. The summed E-state index contributed by atoms with van der Waals surface area (Å²) in [6.07, 6.45) is 0. The number of nitrogen functional groups attached to an aromatic ring is 1. The second kappa shape index (κ2) is 8.38. The molecule has 9 heteroatoms. The fraction of sp³-hybridized carbons (Fsp3) is 0.130. The average molecular weight is 430 g/mol. The summed E-state index contributed by atoms with van der Waals surface area (Å²) in [6.45, 7) is 1.98. The Kier molecular flexibility index (Phi) is 5.46. The van der Waals surface area contributed by atoms with Crippen LogP contribution in [0.4, 0.5) is 11.5 Å². The molecule has 9 nitrogen and oxygen atoms in total. The topological polar surface area (TPSA) is 119 Å². The second-order valence-electron chi connectivity index (χ2n) is 7.35. The molecule has 0 aliphatic carbocycles. The van der Waals surface area contributed by atoms with E-state index < -0.39 is 17.2 Å². The van der Waals surface area contributed by atoms with E-state index in [9.17, 15) is 14.4 Å². The number of nitrogens with two attached hydrogens (primary N) is 1. The van der Waals surface area contributed by atoms with Crippen molar-refractivity contribution in [2.75, 3.05) is 17.7 Å². The number of amides is 1. The number of carbonyl (C=O) groups is 1. The highest BCUT2D eigenvalue weighted by molar-refractivity contribution is 6.05. The summed E-state index contributed by atoms with van der Waals surface area (Å²) >= 11 is 0. The molecule has 0 unspecified atom stereocenters. The van der Waals surface area contributed by atoms with Crippen LogP contribution in [0.5, 0.6) is 0 Å². The van der Waals surface area contributed by atoms with Crippen LogP contribution in [-0.4, -0.2) is 32.3 Å². The molecule has 0 aliphatic rings. The Morgan fingerprint density at radius 1 is 1.06 bits per heavy atom. The number of aromatic nitrogens is 4. The Bertz CT molecular complexity index is 1390. The van der Waals surface area contributed by atoms with Crippen molar-refractivity contribution < 1.29 is 4.79 Å². The SMILES string of the molecule is Cc1cc(C(=O)N(C)c2c(N)n(Cc3ccccc3)c(=O)[nH]c2=O)nn1-c1ccccc1. The lowest BCUT2D eigenvalue weighted by atomic mass is 10.2. The Morgan fingerprint density at radius 2 is 1.69 bits per heavy atom. The van der Waals surface area contributed by atoms with Gasteiger partial charge in [0.1, 0.15) is 5.82 Å². The van der Waals surface area contributed by atoms with Gasteiger partial charge in [-0.25, -0.2) is 9.48 Å². The lowest BCUT2D eigenvalue weighted by molar-refractivity contribution is 0.0987. The predicted octanol–water partition coefficient (Wildman–Crippen LogP) is 1.94. The third kappa shape index (κ3) is 3.83. The second-order valence-corrected chi connectivity index (χ2v) is 7.35. The Balaban J connectivity index is 1.71. The smallest absolute Gasteiger partial charge is 0.330 e. The number of para-hydroxylation sites is 1. The van der Waals surface area contributed by atoms with Gasteiger partial charge >= 0.3 is 5.69 Å². The van der Waals surface area contributed by atoms with E-state index in [1.165, 1.54) is 11.6 Å². The number of nitrogens with one attached hydrogen (secondary N) is 1. The summed E-state index contributed by atoms with van der Waals surface area (Å²) in [7, 11) is 1.43. The molecule has 0 atom stereocenters. The van der Waals surface area contributed by atoms with Gasteiger partial charge in [0, 0.05) is 12.7 Å². The summed E-state index contributed by atoms with van der Waals surface area (Å²) in [5, 5.41) is 4.40. The first-order valence-corrected chi connectivity index (χ1v) is 9.93. The van der Waals surface area contributed by atoms with Crippen LogP contribution in [0.25, 0.3) is 5.69 Å². The number of benzene rings is 2. The van der Waals surface area contributed by atoms with E-state index in [1.54, 1.807) is 10.7 Å². The van der Waals surface area contributed by atoms with Crippen LogP contribution in [0.2, 0.25) is 0 Å². The maximum Gasteiger partial charge on any atom is 0.330 e. The Morgan fingerprint density at radius 3 is 2.34 bits per heavy atom. The molecule has 0 fully saturated rings. The van der Waals surface area contributed by atoms with Gasteiger partial charge in [-0.2, -0.15) is 5.10 Å². The quantitative estimate of drug-likeness (QED) is 0.502. The molecule has 32 heavy (non-hydrogen) atoms. The normalized spacial score (nSPS) is 10.8. The molecular formula is C23H22N6O3. The van der Waals surface area contributed by atoms with Crippen LogP contribution in [-0.2, 0) is 6.54 Å². The van der Waals surface area contributed by atoms with Crippen LogP contribution in [0.15, 0.2) is 76.3 Å². The minimum Gasteiger partial charge on any atom is -0.383 e. The summed E-state index contributed by atoms with van der Waals surface area (Å²) in [6, 6.07) is 20.2. The van der Waals surface area contributed by atoms with Gasteiger partial charge in [-0.1, -0.05) is 48.5 Å². The fourth-order valence-electron chi connectivity index (χ4n) is 3.51. The Labute approximate surface area is 183 Å². The number of aryl methyl sites for hydroxylation is 1. The van der Waals surface area contributed by atoms with Gasteiger partial charge in [0.05, 0.1) is 12.2 Å². The molecule has 2 heterocycles. The molecule has 0 spiro atoms. The maximum atomic E-state index is 13.2. The number of aromatic amines is 1. The largest absolute Gasteiger partial charge is 0.383 e. The molecule has 162 valence electrons. The van der Waals surface area contributed by atoms with Crippen molar-refractivity contribution >= 4 is 17.4 Å². The summed E-state index contributed by atoms with van der Waals surface area (Å²) in [4.78, 5) is 41.5. The van der Waals surface area contributed by atoms with Crippen LogP contribution in [0, 0.1) is 6.92 Å². The first-order valence-electron chi connectivity index (χ1n) is 9.93. The first-order chi connectivity index (χ1) is 15.4. The average Bonchev–Trinajstić information content (AvgIpc) is 3.18. The molecular weight excluding hydrogens is 408 g/mol. The van der Waals surface area contributed by atoms with Gasteiger partial charge in [-0.05, 0) is 30.7 Å². The van der Waals surface area contributed by atoms with E-state index in [4.69, 9.17) is 5.73 Å². The monoisotopic (exact) mass is 430 g/mol. The molecule has 4 rings (SSSR count). The van der Waals surface area contributed by atoms with E-state index >= 15 is 0 Å². The molecule has 0 saturated carbocycles. The van der Waals surface area contributed by atoms with E-state index in [1.807, 2.05) is 67.6 Å². The van der Waals surface area contributed by atoms with Crippen LogP contribution in [0.3, 0.4) is 0 Å². The van der Waals surface area contributed by atoms with Crippen molar-refractivity contribution in [1.82, 2.24) is 19.3 Å². The molecule has 0 bridgehead atoms. The number of hydrogen-bond acceptors (Lipinski definition) is 5. The minimum atomic E-state index is -0.744. The maximum absolute atomic E-state index is 13.2. The van der Waals surface area contributed by atoms with Crippen LogP contribution in [0.1, 0.15) is 21.7 Å². The van der Waals surface area contributed by atoms with E-state index in [2.05, 4.69) is 10.1 Å². The third-order valence-corrected chi connectivity index (χ3v) is 5.14. The van der Waals surface area contributed by atoms with E-state index in [0.29, 0.717) is 0 Å². The van der Waals surface area contributed by atoms with E-state index in [-0.39, 0.29) is 23.7 Å². The number of anilines is 2. The zero-order chi connectivity index (χ0) is 22.8. The lowest BCUT2D eigenvalue weighted by Crippen LogP contribution is -2.39. The number of rotatable bonds is 5. The van der Waals surface area contributed by atoms with Crippen molar-refractivity contribution in [3.63, 3.8) is 0 Å². The zero-order valence-electron chi connectivity index (χ0n) is 17.6. The standard InChI is InChI=1S/C23H22N6O3/c1-15-13-18(26-29(15)17-11-7-4-8-12-17)22(31)27(2)19-20(24)28(23(32)25-21(19)30)14-16-9-5-3-6-10-16/h3-13H,14,24H2,1-2H3,(H,25,30,32). The third-order valence-electron chi connectivity index (χ3n) is 5.14. The number of hydrogen-bond donors (Lipinski definition) is 2. The molecule has 3 N–H and O–H groups in total. The highest BCUT2D eigenvalue weighted by Gasteiger charge is 2.24. The minimum absolute atomic E-state index is 0.0994. The lowest BCUT2D eigenvalue weighted by Gasteiger charge is -2.19. The molecule has 2 aromatic heterocycles. The highest BCUT2D eigenvalue weighted by Crippen LogP contribution is 2.19. The van der Waals surface area contributed by atoms with Crippen LogP contribution >= 0.6 is 0 Å². The Hall–Kier alpha value is -4.40. The van der Waals surface area contributed by atoms with Gasteiger partial charge in [0.25, 0.3) is 11.5 Å². The molecule has 2 aromatic carbocycles. The predicted molar refractivity (Wildman–Crippen MR) is 122 cm³/mol. The van der Waals surface area contributed by atoms with Gasteiger partial charge in [-0.3, -0.25) is 19.1 Å². The van der Waals surface area contributed by atoms with Crippen molar-refractivity contribution in [3.8, 4) is 5.69 Å². The summed E-state index contributed by atoms with van der Waals surface area (Å²) in [5.74, 6) is -0.623. The van der Waals surface area contributed by atoms with Gasteiger partial charge in [0.2, 0.25) is 0 Å². The van der Waals surface area contributed by atoms with Gasteiger partial charge < -0.3 is 10.6 Å². The fourth-order valence-corrected chi connectivity index (χ4v) is 3.51. The van der Waals surface area contributed by atoms with Crippen molar-refractivity contribution in [2.45, 2.75) is 13.5 Å². The molecule has 4 aromatic rings. The van der Waals surface area contributed by atoms with Crippen molar-refractivity contribution in [3.05, 3.63) is 105 Å². The number of H-pyrrole nitrogens is 1. The first kappa shape index (κ1) is 20.9. The molecule has 0 radical (unpaired) electrons. The molecule has 1 amide bonds. The van der Waals surface area contributed by atoms with Gasteiger partial charge in [-0.15, -0.1) is 0 Å². The summed E-state index contributed by atoms with van der Waals surface area (Å²) < 4.78 is 2.87. The van der Waals surface area contributed by atoms with Gasteiger partial charge in [0.15, 0.2) is 11.4 Å². The number of nitrogens with zero attached hydrogens (tertiary/aromatic N) is 4. The molecule has 0 aliphatic heterocycles. The zero-order valence-corrected chi connectivity index (χ0v) is 17.6. The van der Waals surface area contributed by atoms with Crippen molar-refractivity contribution in [1.29, 1.82) is 0 Å². The molecule has 0 saturated heterocycles. The van der Waals surface area contributed by atoms with Crippen molar-refractivity contribution in [2.24, 2.45) is 0 Å². The van der Waals surface area contributed by atoms with E-state index in [0.717, 1.165) is 21.8 Å². The summed E-state index contributed by atoms with van der Waals surface area (Å²) in [5.41, 5.74) is 7.22.